The van der Waals surface area contributed by atoms with E-state index < -0.39 is 0 Å². The number of hydrogen-bond acceptors (Lipinski definition) is 4. The van der Waals surface area contributed by atoms with Gasteiger partial charge in [0.15, 0.2) is 0 Å². The lowest BCUT2D eigenvalue weighted by Gasteiger charge is -2.23. The number of thiazole rings is 1. The topological polar surface area (TPSA) is 28.2 Å². The van der Waals surface area contributed by atoms with E-state index in [0.29, 0.717) is 6.04 Å². The van der Waals surface area contributed by atoms with E-state index in [0.717, 1.165) is 19.0 Å². The van der Waals surface area contributed by atoms with Crippen LogP contribution in [0.2, 0.25) is 0 Å². The Morgan fingerprint density at radius 3 is 2.94 bits per heavy atom. The van der Waals surface area contributed by atoms with Gasteiger partial charge in [-0.3, -0.25) is 4.90 Å². The van der Waals surface area contributed by atoms with E-state index in [4.69, 9.17) is 0 Å². The van der Waals surface area contributed by atoms with Crippen molar-refractivity contribution in [2.45, 2.75) is 37.8 Å². The highest BCUT2D eigenvalue weighted by Gasteiger charge is 2.29. The van der Waals surface area contributed by atoms with Gasteiger partial charge in [-0.15, -0.1) is 23.7 Å². The summed E-state index contributed by atoms with van der Waals surface area (Å²) in [6.45, 7) is 3.41. The van der Waals surface area contributed by atoms with Gasteiger partial charge in [-0.25, -0.2) is 4.98 Å². The zero-order valence-electron chi connectivity index (χ0n) is 10.2. The van der Waals surface area contributed by atoms with Gasteiger partial charge in [-0.2, -0.15) is 0 Å². The van der Waals surface area contributed by atoms with E-state index in [2.05, 4.69) is 22.2 Å². The molecule has 1 aliphatic carbocycles. The SMILES string of the molecule is CN(Cc1scnc1C1CC1)C1CCNC1.Cl. The molecule has 2 heterocycles. The van der Waals surface area contributed by atoms with Crippen LogP contribution in [0, 0.1) is 0 Å². The molecule has 3 rings (SSSR count). The van der Waals surface area contributed by atoms with E-state index in [1.165, 1.54) is 36.4 Å². The maximum atomic E-state index is 4.53. The van der Waals surface area contributed by atoms with Crippen LogP contribution in [0.5, 0.6) is 0 Å². The second kappa shape index (κ2) is 5.65. The van der Waals surface area contributed by atoms with Gasteiger partial charge in [0, 0.05) is 29.9 Å². The Hall–Kier alpha value is -0.160. The molecule has 96 valence electrons. The molecule has 17 heavy (non-hydrogen) atoms. The Morgan fingerprint density at radius 1 is 1.47 bits per heavy atom. The predicted octanol–water partition coefficient (Wildman–Crippen LogP) is 2.24. The first-order valence-electron chi connectivity index (χ1n) is 6.18. The summed E-state index contributed by atoms with van der Waals surface area (Å²) in [6.07, 6.45) is 3.99. The van der Waals surface area contributed by atoms with E-state index in [1.54, 1.807) is 0 Å². The maximum Gasteiger partial charge on any atom is 0.0798 e. The van der Waals surface area contributed by atoms with Gasteiger partial charge in [0.05, 0.1) is 11.2 Å². The highest BCUT2D eigenvalue weighted by molar-refractivity contribution is 7.09. The summed E-state index contributed by atoms with van der Waals surface area (Å²) in [7, 11) is 2.24. The van der Waals surface area contributed by atoms with Gasteiger partial charge in [0.1, 0.15) is 0 Å². The van der Waals surface area contributed by atoms with Crippen molar-refractivity contribution in [3.8, 4) is 0 Å². The molecule has 2 fully saturated rings. The molecule has 1 atom stereocenters. The molecule has 1 aromatic heterocycles. The number of rotatable bonds is 4. The van der Waals surface area contributed by atoms with Crippen LogP contribution in [0.15, 0.2) is 5.51 Å². The van der Waals surface area contributed by atoms with E-state index in [-0.39, 0.29) is 12.4 Å². The summed E-state index contributed by atoms with van der Waals surface area (Å²) in [6, 6.07) is 0.717. The lowest BCUT2D eigenvalue weighted by molar-refractivity contribution is 0.250. The summed E-state index contributed by atoms with van der Waals surface area (Å²) < 4.78 is 0. The molecule has 1 aromatic rings. The summed E-state index contributed by atoms with van der Waals surface area (Å²) >= 11 is 1.83. The van der Waals surface area contributed by atoms with Gasteiger partial charge < -0.3 is 5.32 Å². The minimum Gasteiger partial charge on any atom is -0.315 e. The largest absolute Gasteiger partial charge is 0.315 e. The second-order valence-electron chi connectivity index (χ2n) is 5.00. The normalized spacial score (nSPS) is 24.0. The standard InChI is InChI=1S/C12H19N3S.ClH/c1-15(10-4-5-13-6-10)7-11-12(9-2-3-9)14-8-16-11;/h8-10,13H,2-7H2,1H3;1H. The van der Waals surface area contributed by atoms with Crippen molar-refractivity contribution >= 4 is 23.7 Å². The van der Waals surface area contributed by atoms with Crippen LogP contribution in [0.25, 0.3) is 0 Å². The molecule has 0 amide bonds. The first-order valence-corrected chi connectivity index (χ1v) is 7.06. The van der Waals surface area contributed by atoms with E-state index in [9.17, 15) is 0 Å². The molecule has 0 radical (unpaired) electrons. The minimum atomic E-state index is 0. The Balaban J connectivity index is 0.00000108. The monoisotopic (exact) mass is 273 g/mol. The van der Waals surface area contributed by atoms with Crippen molar-refractivity contribution in [1.82, 2.24) is 15.2 Å². The zero-order valence-corrected chi connectivity index (χ0v) is 11.8. The fourth-order valence-corrected chi connectivity index (χ4v) is 3.37. The highest BCUT2D eigenvalue weighted by atomic mass is 35.5. The Kier molecular flexibility index (Phi) is 4.42. The zero-order chi connectivity index (χ0) is 11.0. The molecule has 0 aromatic carbocycles. The van der Waals surface area contributed by atoms with Crippen molar-refractivity contribution in [2.24, 2.45) is 0 Å². The molecular formula is C12H20ClN3S. The van der Waals surface area contributed by atoms with Crippen molar-refractivity contribution in [3.05, 3.63) is 16.1 Å². The van der Waals surface area contributed by atoms with Crippen LogP contribution >= 0.6 is 23.7 Å². The molecule has 1 saturated carbocycles. The van der Waals surface area contributed by atoms with Crippen LogP contribution in [0.4, 0.5) is 0 Å². The molecular weight excluding hydrogens is 254 g/mol. The van der Waals surface area contributed by atoms with Gasteiger partial charge in [-0.1, -0.05) is 0 Å². The number of aromatic nitrogens is 1. The summed E-state index contributed by atoms with van der Waals surface area (Å²) in [4.78, 5) is 8.52. The first kappa shape index (κ1) is 13.3. The number of nitrogens with one attached hydrogen (secondary N) is 1. The molecule has 0 spiro atoms. The lowest BCUT2D eigenvalue weighted by atomic mass is 10.2. The van der Waals surface area contributed by atoms with Crippen LogP contribution in [-0.2, 0) is 6.54 Å². The third-order valence-corrected chi connectivity index (χ3v) is 4.52. The number of nitrogens with zero attached hydrogens (tertiary/aromatic N) is 2. The summed E-state index contributed by atoms with van der Waals surface area (Å²) in [5.74, 6) is 0.788. The van der Waals surface area contributed by atoms with E-state index in [1.807, 2.05) is 16.8 Å². The van der Waals surface area contributed by atoms with Crippen molar-refractivity contribution in [2.75, 3.05) is 20.1 Å². The second-order valence-corrected chi connectivity index (χ2v) is 5.94. The summed E-state index contributed by atoms with van der Waals surface area (Å²) in [5, 5.41) is 3.43. The van der Waals surface area contributed by atoms with Gasteiger partial charge in [0.2, 0.25) is 0 Å². The highest BCUT2D eigenvalue weighted by Crippen LogP contribution is 2.42. The Labute approximate surface area is 113 Å². The van der Waals surface area contributed by atoms with Crippen LogP contribution in [-0.4, -0.2) is 36.1 Å². The Bertz CT molecular complexity index is 358. The Morgan fingerprint density at radius 2 is 2.29 bits per heavy atom. The molecule has 5 heteroatoms. The molecule has 2 aliphatic rings. The van der Waals surface area contributed by atoms with Gasteiger partial charge in [-0.05, 0) is 32.9 Å². The smallest absolute Gasteiger partial charge is 0.0798 e. The average Bonchev–Trinajstić information content (AvgIpc) is 2.83. The molecule has 1 N–H and O–H groups in total. The van der Waals surface area contributed by atoms with Gasteiger partial charge >= 0.3 is 0 Å². The van der Waals surface area contributed by atoms with Crippen LogP contribution in [0.3, 0.4) is 0 Å². The third-order valence-electron chi connectivity index (χ3n) is 3.69. The quantitative estimate of drug-likeness (QED) is 0.912. The van der Waals surface area contributed by atoms with Crippen molar-refractivity contribution < 1.29 is 0 Å². The van der Waals surface area contributed by atoms with Crippen molar-refractivity contribution in [1.29, 1.82) is 0 Å². The minimum absolute atomic E-state index is 0. The first-order chi connectivity index (χ1) is 7.84. The number of halogens is 1. The molecule has 1 unspecified atom stereocenters. The summed E-state index contributed by atoms with van der Waals surface area (Å²) in [5.41, 5.74) is 3.41. The van der Waals surface area contributed by atoms with E-state index >= 15 is 0 Å². The molecule has 1 saturated heterocycles. The fraction of sp³-hybridized carbons (Fsp3) is 0.750. The predicted molar refractivity (Wildman–Crippen MR) is 74.1 cm³/mol. The maximum absolute atomic E-state index is 4.53. The number of likely N-dealkylation sites (N-methyl/N-ethyl adjacent to an activating group) is 1. The molecule has 3 nitrogen and oxygen atoms in total. The number of hydrogen-bond donors (Lipinski definition) is 1. The fourth-order valence-electron chi connectivity index (χ4n) is 2.46. The lowest BCUT2D eigenvalue weighted by Crippen LogP contribution is -2.32. The molecule has 0 bridgehead atoms. The third kappa shape index (κ3) is 2.99. The van der Waals surface area contributed by atoms with Crippen LogP contribution < -0.4 is 5.32 Å². The molecule has 1 aliphatic heterocycles. The van der Waals surface area contributed by atoms with Gasteiger partial charge in [0.25, 0.3) is 0 Å². The average molecular weight is 274 g/mol. The van der Waals surface area contributed by atoms with Crippen molar-refractivity contribution in [3.63, 3.8) is 0 Å². The van der Waals surface area contributed by atoms with Crippen LogP contribution in [0.1, 0.15) is 35.8 Å².